The molecule has 1 aliphatic heterocycles. The average Bonchev–Trinajstić information content (AvgIpc) is 2.80. The molecule has 2 heterocycles. The van der Waals surface area contributed by atoms with Gasteiger partial charge in [-0.25, -0.2) is 4.98 Å². The molecule has 0 atom stereocenters. The van der Waals surface area contributed by atoms with Crippen molar-refractivity contribution >= 4 is 27.9 Å². The number of aliphatic hydroxyl groups excluding tert-OH is 1. The third-order valence-electron chi connectivity index (χ3n) is 6.05. The summed E-state index contributed by atoms with van der Waals surface area (Å²) < 4.78 is 40.4. The van der Waals surface area contributed by atoms with Crippen LogP contribution in [0, 0.1) is 0 Å². The topological polar surface area (TPSA) is 84.2 Å². The van der Waals surface area contributed by atoms with Crippen LogP contribution in [0.15, 0.2) is 30.8 Å². The number of piperidine rings is 1. The van der Waals surface area contributed by atoms with E-state index < -0.39 is 11.7 Å². The number of hydrogen-bond acceptors (Lipinski definition) is 5. The third-order valence-corrected chi connectivity index (χ3v) is 6.05. The number of likely N-dealkylation sites (tertiary alicyclic amines) is 1. The largest absolute Gasteiger partial charge is 0.678 e. The van der Waals surface area contributed by atoms with E-state index >= 15 is 0 Å². The van der Waals surface area contributed by atoms with Crippen molar-refractivity contribution < 1.29 is 51.0 Å². The van der Waals surface area contributed by atoms with E-state index in [1.54, 1.807) is 25.1 Å². The Hall–Kier alpha value is -1.26. The van der Waals surface area contributed by atoms with Gasteiger partial charge in [0.1, 0.15) is 5.82 Å². The summed E-state index contributed by atoms with van der Waals surface area (Å²) in [6.45, 7) is 11.5. The third kappa shape index (κ3) is 8.94. The molecule has 6 nitrogen and oxygen atoms in total. The normalized spacial score (nSPS) is 20.0. The molecule has 4 N–H and O–H groups in total. The number of aromatic nitrogens is 1. The molecule has 1 radical (unpaired) electrons. The molecule has 0 amide bonds. The van der Waals surface area contributed by atoms with E-state index in [1.807, 2.05) is 19.9 Å². The summed E-state index contributed by atoms with van der Waals surface area (Å²) >= 11 is 0. The van der Waals surface area contributed by atoms with Crippen molar-refractivity contribution in [1.82, 2.24) is 9.88 Å². The van der Waals surface area contributed by atoms with Gasteiger partial charge in [-0.15, -0.1) is 0 Å². The molecule has 199 valence electrons. The fraction of sp³-hybridized carbons (Fsp3) is 0.577. The fourth-order valence-electron chi connectivity index (χ4n) is 4.13. The molecule has 1 aromatic heterocycles. The Labute approximate surface area is 238 Å². The van der Waals surface area contributed by atoms with Crippen LogP contribution in [0.25, 0.3) is 22.1 Å². The standard InChI is InChI=1S/C22H27F3N4O.C2H6N.C2H6.Y/c1-13(22(23,24)25)21-17-4-3-5-19(26-14-6-8-29(2)9-7-14)18(17)12-20(28-21)27-15-10-16(30)11-15;1-2-3;1-2;/h3-5,12,14-16,26,30H,1,6-11H2,2H3,(H,27,28);3H,2H2,1H3;1-2H3;/q;-1;;. The minimum atomic E-state index is -4.57. The van der Waals surface area contributed by atoms with Crippen molar-refractivity contribution in [2.75, 3.05) is 37.3 Å². The zero-order valence-corrected chi connectivity index (χ0v) is 24.6. The molecule has 1 aliphatic carbocycles. The van der Waals surface area contributed by atoms with E-state index in [2.05, 4.69) is 34.1 Å². The van der Waals surface area contributed by atoms with E-state index in [0.717, 1.165) is 31.6 Å². The van der Waals surface area contributed by atoms with Crippen LogP contribution in [0.3, 0.4) is 0 Å². The van der Waals surface area contributed by atoms with Crippen molar-refractivity contribution in [1.29, 1.82) is 0 Å². The first-order valence-corrected chi connectivity index (χ1v) is 12.4. The van der Waals surface area contributed by atoms with Gasteiger partial charge in [-0.2, -0.15) is 19.7 Å². The van der Waals surface area contributed by atoms with Crippen LogP contribution in [0.2, 0.25) is 0 Å². The van der Waals surface area contributed by atoms with Crippen LogP contribution in [0.1, 0.15) is 52.1 Å². The van der Waals surface area contributed by atoms with Crippen molar-refractivity contribution in [3.63, 3.8) is 0 Å². The summed E-state index contributed by atoms with van der Waals surface area (Å²) in [5.74, 6) is 0.373. The molecule has 2 fully saturated rings. The van der Waals surface area contributed by atoms with Gasteiger partial charge in [0.25, 0.3) is 0 Å². The molecule has 0 spiro atoms. The monoisotopic (exact) mass is 583 g/mol. The van der Waals surface area contributed by atoms with E-state index in [9.17, 15) is 18.3 Å². The zero-order chi connectivity index (χ0) is 26.2. The molecule has 2 aliphatic rings. The van der Waals surface area contributed by atoms with Gasteiger partial charge in [0.05, 0.1) is 17.4 Å². The Morgan fingerprint density at radius 1 is 1.14 bits per heavy atom. The first kappa shape index (κ1) is 32.8. The van der Waals surface area contributed by atoms with Crippen molar-refractivity contribution in [3.8, 4) is 0 Å². The smallest absolute Gasteiger partial charge is 0.417 e. The number of benzene rings is 1. The average molecular weight is 584 g/mol. The predicted octanol–water partition coefficient (Wildman–Crippen LogP) is 6.33. The van der Waals surface area contributed by atoms with Gasteiger partial charge >= 0.3 is 6.18 Å². The summed E-state index contributed by atoms with van der Waals surface area (Å²) in [5.41, 5.74) is 5.90. The molecular formula is C26H39F3N5OY-. The van der Waals surface area contributed by atoms with Crippen molar-refractivity contribution in [2.45, 2.75) is 70.8 Å². The van der Waals surface area contributed by atoms with Gasteiger partial charge < -0.3 is 26.4 Å². The Balaban J connectivity index is 0.00000101. The number of nitrogens with zero attached hydrogens (tertiary/aromatic N) is 2. The number of halogens is 3. The summed E-state index contributed by atoms with van der Waals surface area (Å²) in [5, 5.41) is 17.3. The molecule has 2 aromatic rings. The number of pyridine rings is 1. The Bertz CT molecular complexity index is 958. The van der Waals surface area contributed by atoms with E-state index in [1.165, 1.54) is 0 Å². The van der Waals surface area contributed by atoms with Crippen LogP contribution >= 0.6 is 0 Å². The van der Waals surface area contributed by atoms with Crippen LogP contribution in [0.5, 0.6) is 0 Å². The maximum atomic E-state index is 13.5. The molecule has 1 saturated carbocycles. The first-order chi connectivity index (χ1) is 16.6. The molecule has 36 heavy (non-hydrogen) atoms. The maximum Gasteiger partial charge on any atom is 0.417 e. The molecule has 4 rings (SSSR count). The van der Waals surface area contributed by atoms with E-state index in [-0.39, 0.29) is 56.6 Å². The number of hydrogen-bond donors (Lipinski definition) is 3. The number of aliphatic hydroxyl groups is 1. The SMILES string of the molecule is C=C(c1nc(NC2CC(O)C2)cc2c(NC3CCN(C)CC3)cccc12)C(F)(F)F.CC.CC[NH-].[Y]. The molecule has 10 heteroatoms. The Morgan fingerprint density at radius 2 is 1.72 bits per heavy atom. The first-order valence-electron chi connectivity index (χ1n) is 12.4. The number of nitrogens with one attached hydrogen (secondary N) is 3. The van der Waals surface area contributed by atoms with E-state index in [4.69, 9.17) is 5.73 Å². The second kappa shape index (κ2) is 15.2. The number of allylic oxidation sites excluding steroid dienone is 1. The Kier molecular flexibility index (Phi) is 13.9. The quantitative estimate of drug-likeness (QED) is 0.383. The number of anilines is 2. The number of rotatable bonds is 5. The van der Waals surface area contributed by atoms with Crippen molar-refractivity contribution in [3.05, 3.63) is 42.3 Å². The zero-order valence-electron chi connectivity index (χ0n) is 21.8. The molecule has 0 bridgehead atoms. The summed E-state index contributed by atoms with van der Waals surface area (Å²) in [6, 6.07) is 7.38. The second-order valence-electron chi connectivity index (χ2n) is 8.78. The van der Waals surface area contributed by atoms with Crippen molar-refractivity contribution in [2.24, 2.45) is 0 Å². The minimum absolute atomic E-state index is 0. The van der Waals surface area contributed by atoms with Crippen LogP contribution in [-0.2, 0) is 32.7 Å². The summed E-state index contributed by atoms with van der Waals surface area (Å²) in [7, 11) is 2.09. The van der Waals surface area contributed by atoms with Crippen LogP contribution in [0.4, 0.5) is 24.7 Å². The Morgan fingerprint density at radius 3 is 2.25 bits per heavy atom. The van der Waals surface area contributed by atoms with Crippen LogP contribution in [-0.4, -0.2) is 66.0 Å². The second-order valence-corrected chi connectivity index (χ2v) is 8.78. The molecule has 1 aromatic carbocycles. The van der Waals surface area contributed by atoms with Gasteiger partial charge in [-0.1, -0.05) is 39.5 Å². The maximum absolute atomic E-state index is 13.5. The van der Waals surface area contributed by atoms with Gasteiger partial charge in [-0.05, 0) is 58.0 Å². The summed E-state index contributed by atoms with van der Waals surface area (Å²) in [4.78, 5) is 6.53. The molecule has 1 saturated heterocycles. The molecule has 0 unspecified atom stereocenters. The van der Waals surface area contributed by atoms with Gasteiger partial charge in [-0.3, -0.25) is 0 Å². The van der Waals surface area contributed by atoms with E-state index in [0.29, 0.717) is 36.0 Å². The van der Waals surface area contributed by atoms with Crippen LogP contribution < -0.4 is 10.6 Å². The molecular weight excluding hydrogens is 544 g/mol. The fourth-order valence-corrected chi connectivity index (χ4v) is 4.13. The predicted molar refractivity (Wildman–Crippen MR) is 140 cm³/mol. The summed E-state index contributed by atoms with van der Waals surface area (Å²) in [6.07, 6.45) is -1.86. The number of fused-ring (bicyclic) bond motifs is 1. The van der Waals surface area contributed by atoms with Gasteiger partial charge in [0, 0.05) is 61.3 Å². The van der Waals surface area contributed by atoms with Gasteiger partial charge in [0.15, 0.2) is 0 Å². The number of alkyl halides is 3. The van der Waals surface area contributed by atoms with Gasteiger partial charge in [0.2, 0.25) is 0 Å². The minimum Gasteiger partial charge on any atom is -0.678 e.